The van der Waals surface area contributed by atoms with Crippen LogP contribution < -0.4 is 5.32 Å². The standard InChI is InChI=1S/C17H33N3O2/c1-13(2)20(16-8-9-16)11-10-18-17(22)19(3)15-6-4-14(12-21)5-7-15/h13-16,21H,4-12H2,1-3H3,(H,18,22). The van der Waals surface area contributed by atoms with Crippen LogP contribution in [0.25, 0.3) is 0 Å². The summed E-state index contributed by atoms with van der Waals surface area (Å²) in [5.41, 5.74) is 0. The number of urea groups is 1. The van der Waals surface area contributed by atoms with Crippen molar-refractivity contribution in [1.82, 2.24) is 15.1 Å². The lowest BCUT2D eigenvalue weighted by Gasteiger charge is -2.34. The number of rotatable bonds is 7. The summed E-state index contributed by atoms with van der Waals surface area (Å²) >= 11 is 0. The van der Waals surface area contributed by atoms with Crippen molar-refractivity contribution < 1.29 is 9.90 Å². The van der Waals surface area contributed by atoms with Gasteiger partial charge in [-0.1, -0.05) is 0 Å². The Hall–Kier alpha value is -0.810. The van der Waals surface area contributed by atoms with E-state index in [1.165, 1.54) is 12.8 Å². The average molecular weight is 311 g/mol. The summed E-state index contributed by atoms with van der Waals surface area (Å²) < 4.78 is 0. The molecule has 2 amide bonds. The highest BCUT2D eigenvalue weighted by Gasteiger charge is 2.30. The Labute approximate surface area is 135 Å². The molecule has 0 atom stereocenters. The van der Waals surface area contributed by atoms with Crippen LogP contribution in [0.1, 0.15) is 52.4 Å². The van der Waals surface area contributed by atoms with Crippen LogP contribution in [0.15, 0.2) is 0 Å². The quantitative estimate of drug-likeness (QED) is 0.756. The summed E-state index contributed by atoms with van der Waals surface area (Å²) in [6.07, 6.45) is 6.69. The van der Waals surface area contributed by atoms with E-state index in [9.17, 15) is 9.90 Å². The first-order chi connectivity index (χ1) is 10.5. The van der Waals surface area contributed by atoms with Crippen molar-refractivity contribution in [1.29, 1.82) is 0 Å². The zero-order valence-electron chi connectivity index (χ0n) is 14.4. The normalized spacial score (nSPS) is 25.5. The molecule has 0 aliphatic heterocycles. The largest absolute Gasteiger partial charge is 0.396 e. The highest BCUT2D eigenvalue weighted by molar-refractivity contribution is 5.74. The van der Waals surface area contributed by atoms with E-state index in [0.717, 1.165) is 44.8 Å². The van der Waals surface area contributed by atoms with E-state index < -0.39 is 0 Å². The van der Waals surface area contributed by atoms with E-state index in [1.54, 1.807) is 0 Å². The minimum Gasteiger partial charge on any atom is -0.396 e. The van der Waals surface area contributed by atoms with Crippen LogP contribution in [0.4, 0.5) is 4.79 Å². The SMILES string of the molecule is CC(C)N(CCNC(=O)N(C)C1CCC(CO)CC1)C1CC1. The van der Waals surface area contributed by atoms with Crippen LogP contribution in [-0.4, -0.2) is 65.8 Å². The van der Waals surface area contributed by atoms with Gasteiger partial charge in [-0.3, -0.25) is 4.90 Å². The molecule has 2 rings (SSSR count). The molecule has 2 N–H and O–H groups in total. The number of hydrogen-bond acceptors (Lipinski definition) is 3. The Bertz CT molecular complexity index is 348. The van der Waals surface area contributed by atoms with Crippen molar-refractivity contribution in [3.63, 3.8) is 0 Å². The molecule has 128 valence electrons. The third-order valence-corrected chi connectivity index (χ3v) is 5.27. The number of hydrogen-bond donors (Lipinski definition) is 2. The molecule has 0 saturated heterocycles. The lowest BCUT2D eigenvalue weighted by molar-refractivity contribution is 0.133. The number of aliphatic hydroxyl groups excluding tert-OH is 1. The molecule has 22 heavy (non-hydrogen) atoms. The molecule has 5 heteroatoms. The third-order valence-electron chi connectivity index (χ3n) is 5.27. The van der Waals surface area contributed by atoms with Crippen molar-refractivity contribution in [3.05, 3.63) is 0 Å². The fourth-order valence-electron chi connectivity index (χ4n) is 3.57. The van der Waals surface area contributed by atoms with Crippen LogP contribution in [0.2, 0.25) is 0 Å². The van der Waals surface area contributed by atoms with E-state index in [2.05, 4.69) is 24.1 Å². The molecule has 0 radical (unpaired) electrons. The first-order valence-corrected chi connectivity index (χ1v) is 8.90. The molecule has 0 unspecified atom stereocenters. The number of nitrogens with zero attached hydrogens (tertiary/aromatic N) is 2. The summed E-state index contributed by atoms with van der Waals surface area (Å²) in [6, 6.07) is 1.67. The minimum atomic E-state index is 0.0481. The van der Waals surface area contributed by atoms with Crippen molar-refractivity contribution in [2.24, 2.45) is 5.92 Å². The van der Waals surface area contributed by atoms with Gasteiger partial charge in [0.05, 0.1) is 0 Å². The summed E-state index contributed by atoms with van der Waals surface area (Å²) in [7, 11) is 1.90. The molecule has 2 aliphatic carbocycles. The Morgan fingerprint density at radius 3 is 2.23 bits per heavy atom. The maximum absolute atomic E-state index is 12.3. The summed E-state index contributed by atoms with van der Waals surface area (Å²) in [6.45, 7) is 6.41. The first-order valence-electron chi connectivity index (χ1n) is 8.90. The van der Waals surface area contributed by atoms with Crippen LogP contribution in [0, 0.1) is 5.92 Å². The minimum absolute atomic E-state index is 0.0481. The molecule has 0 aromatic rings. The van der Waals surface area contributed by atoms with E-state index in [-0.39, 0.29) is 12.6 Å². The van der Waals surface area contributed by atoms with E-state index in [4.69, 9.17) is 0 Å². The van der Waals surface area contributed by atoms with Gasteiger partial charge in [0, 0.05) is 44.9 Å². The monoisotopic (exact) mass is 311 g/mol. The number of carbonyl (C=O) groups excluding carboxylic acids is 1. The number of carbonyl (C=O) groups is 1. The molecule has 2 aliphatic rings. The van der Waals surface area contributed by atoms with Crippen LogP contribution >= 0.6 is 0 Å². The van der Waals surface area contributed by atoms with Crippen LogP contribution in [-0.2, 0) is 0 Å². The molecule has 0 bridgehead atoms. The predicted octanol–water partition coefficient (Wildman–Crippen LogP) is 2.05. The van der Waals surface area contributed by atoms with Crippen LogP contribution in [0.5, 0.6) is 0 Å². The van der Waals surface area contributed by atoms with Crippen molar-refractivity contribution in [2.45, 2.75) is 70.5 Å². The summed E-state index contributed by atoms with van der Waals surface area (Å²) in [4.78, 5) is 16.6. The second-order valence-corrected chi connectivity index (χ2v) is 7.26. The second-order valence-electron chi connectivity index (χ2n) is 7.26. The van der Waals surface area contributed by atoms with Crippen molar-refractivity contribution in [2.75, 3.05) is 26.7 Å². The van der Waals surface area contributed by atoms with E-state index in [1.807, 2.05) is 11.9 Å². The number of aliphatic hydroxyl groups is 1. The van der Waals surface area contributed by atoms with Gasteiger partial charge in [0.15, 0.2) is 0 Å². The van der Waals surface area contributed by atoms with Crippen molar-refractivity contribution in [3.8, 4) is 0 Å². The van der Waals surface area contributed by atoms with Crippen LogP contribution in [0.3, 0.4) is 0 Å². The van der Waals surface area contributed by atoms with Gasteiger partial charge in [0.25, 0.3) is 0 Å². The molecule has 5 nitrogen and oxygen atoms in total. The van der Waals surface area contributed by atoms with Crippen molar-refractivity contribution >= 4 is 6.03 Å². The zero-order chi connectivity index (χ0) is 16.1. The Morgan fingerprint density at radius 1 is 1.14 bits per heavy atom. The number of amides is 2. The van der Waals surface area contributed by atoms with Gasteiger partial charge in [-0.15, -0.1) is 0 Å². The number of nitrogens with one attached hydrogen (secondary N) is 1. The van der Waals surface area contributed by atoms with E-state index in [0.29, 0.717) is 18.0 Å². The highest BCUT2D eigenvalue weighted by atomic mass is 16.3. The molecular formula is C17H33N3O2. The van der Waals surface area contributed by atoms with Gasteiger partial charge >= 0.3 is 6.03 Å². The smallest absolute Gasteiger partial charge is 0.317 e. The van der Waals surface area contributed by atoms with Gasteiger partial charge in [0.2, 0.25) is 0 Å². The maximum atomic E-state index is 12.3. The molecule has 0 spiro atoms. The lowest BCUT2D eigenvalue weighted by atomic mass is 9.86. The Balaban J connectivity index is 1.68. The van der Waals surface area contributed by atoms with Gasteiger partial charge < -0.3 is 15.3 Å². The molecule has 0 heterocycles. The summed E-state index contributed by atoms with van der Waals surface area (Å²) in [5.74, 6) is 0.436. The third kappa shape index (κ3) is 4.85. The molecule has 0 aromatic heterocycles. The van der Waals surface area contributed by atoms with E-state index >= 15 is 0 Å². The topological polar surface area (TPSA) is 55.8 Å². The fourth-order valence-corrected chi connectivity index (χ4v) is 3.57. The molecular weight excluding hydrogens is 278 g/mol. The van der Waals surface area contributed by atoms with Gasteiger partial charge in [-0.2, -0.15) is 0 Å². The lowest BCUT2D eigenvalue weighted by Crippen LogP contribution is -2.47. The Morgan fingerprint density at radius 2 is 1.73 bits per heavy atom. The zero-order valence-corrected chi connectivity index (χ0v) is 14.4. The maximum Gasteiger partial charge on any atom is 0.317 e. The van der Waals surface area contributed by atoms with Gasteiger partial charge in [-0.25, -0.2) is 4.79 Å². The Kier molecular flexibility index (Phi) is 6.50. The highest BCUT2D eigenvalue weighted by Crippen LogP contribution is 2.28. The summed E-state index contributed by atoms with van der Waals surface area (Å²) in [5, 5.41) is 12.3. The van der Waals surface area contributed by atoms with Gasteiger partial charge in [-0.05, 0) is 58.3 Å². The molecule has 0 aromatic carbocycles. The molecule has 2 fully saturated rings. The first kappa shape index (κ1) is 17.5. The molecule has 2 saturated carbocycles. The second kappa shape index (κ2) is 8.16. The average Bonchev–Trinajstić information content (AvgIpc) is 3.35. The van der Waals surface area contributed by atoms with Gasteiger partial charge in [0.1, 0.15) is 0 Å². The predicted molar refractivity (Wildman–Crippen MR) is 88.9 cm³/mol. The fraction of sp³-hybridized carbons (Fsp3) is 0.941.